The summed E-state index contributed by atoms with van der Waals surface area (Å²) < 4.78 is 0. The molecule has 6 heteroatoms. The number of nitro groups is 1. The minimum atomic E-state index is -0.476. The second kappa shape index (κ2) is 6.88. The summed E-state index contributed by atoms with van der Waals surface area (Å²) in [5, 5.41) is 14.0. The fourth-order valence-electron chi connectivity index (χ4n) is 1.97. The van der Waals surface area contributed by atoms with Crippen LogP contribution in [0.5, 0.6) is 0 Å². The lowest BCUT2D eigenvalue weighted by molar-refractivity contribution is -0.384. The van der Waals surface area contributed by atoms with Gasteiger partial charge in [0.2, 0.25) is 0 Å². The summed E-state index contributed by atoms with van der Waals surface area (Å²) in [6.07, 6.45) is 0. The van der Waals surface area contributed by atoms with Crippen molar-refractivity contribution in [2.24, 2.45) is 0 Å². The third-order valence-electron chi connectivity index (χ3n) is 2.77. The van der Waals surface area contributed by atoms with Crippen molar-refractivity contribution in [2.75, 3.05) is 18.5 Å². The maximum atomic E-state index is 11.9. The van der Waals surface area contributed by atoms with Crippen LogP contribution in [-0.4, -0.2) is 30.5 Å². The molecule has 6 nitrogen and oxygen atoms in total. The number of benzene rings is 1. The predicted octanol–water partition coefficient (Wildman–Crippen LogP) is 2.75. The molecule has 0 aliphatic carbocycles. The number of carbonyl (C=O) groups excluding carboxylic acids is 1. The van der Waals surface area contributed by atoms with Crippen molar-refractivity contribution in [3.05, 3.63) is 46.0 Å². The number of anilines is 1. The van der Waals surface area contributed by atoms with E-state index in [1.807, 2.05) is 20.8 Å². The third kappa shape index (κ3) is 4.59. The third-order valence-corrected chi connectivity index (χ3v) is 2.77. The van der Waals surface area contributed by atoms with Crippen molar-refractivity contribution in [1.82, 2.24) is 5.32 Å². The zero-order valence-corrected chi connectivity index (χ0v) is 12.8. The molecule has 1 rings (SSSR count). The highest BCUT2D eigenvalue weighted by Crippen LogP contribution is 2.28. The molecule has 114 valence electrons. The molecule has 1 N–H and O–H groups in total. The van der Waals surface area contributed by atoms with E-state index in [-0.39, 0.29) is 23.2 Å². The zero-order chi connectivity index (χ0) is 16.2. The molecule has 0 aromatic heterocycles. The lowest BCUT2D eigenvalue weighted by Crippen LogP contribution is -2.30. The van der Waals surface area contributed by atoms with Gasteiger partial charge in [0.05, 0.1) is 4.92 Å². The second-order valence-electron chi connectivity index (χ2n) is 5.40. The topological polar surface area (TPSA) is 75.5 Å². The molecule has 1 amide bonds. The first kappa shape index (κ1) is 16.7. The molecule has 0 fully saturated rings. The van der Waals surface area contributed by atoms with Gasteiger partial charge in [-0.3, -0.25) is 14.9 Å². The Morgan fingerprint density at radius 1 is 1.48 bits per heavy atom. The lowest BCUT2D eigenvalue weighted by atomic mass is 10.1. The molecule has 0 aliphatic heterocycles. The van der Waals surface area contributed by atoms with E-state index in [0.29, 0.717) is 12.2 Å². The number of nitrogens with zero attached hydrogens (tertiary/aromatic N) is 2. The van der Waals surface area contributed by atoms with Crippen LogP contribution < -0.4 is 10.2 Å². The van der Waals surface area contributed by atoms with Crippen molar-refractivity contribution in [3.8, 4) is 0 Å². The van der Waals surface area contributed by atoms with Crippen LogP contribution in [0.2, 0.25) is 0 Å². The Morgan fingerprint density at radius 2 is 2.10 bits per heavy atom. The summed E-state index contributed by atoms with van der Waals surface area (Å²) in [4.78, 5) is 24.4. The maximum absolute atomic E-state index is 11.9. The predicted molar refractivity (Wildman–Crippen MR) is 83.8 cm³/mol. The molecule has 0 heterocycles. The quantitative estimate of drug-likeness (QED) is 0.497. The smallest absolute Gasteiger partial charge is 0.293 e. The Bertz CT molecular complexity index is 567. The second-order valence-corrected chi connectivity index (χ2v) is 5.40. The van der Waals surface area contributed by atoms with Crippen molar-refractivity contribution in [1.29, 1.82) is 0 Å². The Hall–Kier alpha value is -2.37. The van der Waals surface area contributed by atoms with Crippen molar-refractivity contribution >= 4 is 17.3 Å². The number of nitro benzene ring substituents is 1. The fourth-order valence-corrected chi connectivity index (χ4v) is 1.97. The summed E-state index contributed by atoms with van der Waals surface area (Å²) in [6, 6.07) is 4.47. The van der Waals surface area contributed by atoms with Crippen LogP contribution in [0.1, 0.15) is 31.1 Å². The van der Waals surface area contributed by atoms with Gasteiger partial charge in [-0.15, -0.1) is 0 Å². The minimum Gasteiger partial charge on any atom is -0.365 e. The van der Waals surface area contributed by atoms with Crippen LogP contribution in [0.25, 0.3) is 0 Å². The largest absolute Gasteiger partial charge is 0.365 e. The van der Waals surface area contributed by atoms with Gasteiger partial charge in [0.15, 0.2) is 0 Å². The van der Waals surface area contributed by atoms with Crippen LogP contribution in [0.15, 0.2) is 30.4 Å². The first-order valence-corrected chi connectivity index (χ1v) is 6.67. The van der Waals surface area contributed by atoms with Crippen LogP contribution in [0, 0.1) is 10.1 Å². The van der Waals surface area contributed by atoms with Crippen LogP contribution in [0.4, 0.5) is 11.4 Å². The molecule has 0 radical (unpaired) electrons. The van der Waals surface area contributed by atoms with E-state index in [1.165, 1.54) is 6.07 Å². The van der Waals surface area contributed by atoms with Crippen LogP contribution in [-0.2, 0) is 0 Å². The molecule has 21 heavy (non-hydrogen) atoms. The number of rotatable bonds is 6. The summed E-state index contributed by atoms with van der Waals surface area (Å²) >= 11 is 0. The molecule has 0 bridgehead atoms. The highest BCUT2D eigenvalue weighted by molar-refractivity contribution is 5.95. The number of carbonyl (C=O) groups is 1. The van der Waals surface area contributed by atoms with Gasteiger partial charge in [0.1, 0.15) is 5.69 Å². The van der Waals surface area contributed by atoms with Gasteiger partial charge in [-0.25, -0.2) is 0 Å². The van der Waals surface area contributed by atoms with Gasteiger partial charge in [0, 0.05) is 31.3 Å². The van der Waals surface area contributed by atoms with Gasteiger partial charge in [-0.05, 0) is 32.9 Å². The van der Waals surface area contributed by atoms with Crippen LogP contribution >= 0.6 is 0 Å². The van der Waals surface area contributed by atoms with E-state index in [9.17, 15) is 14.9 Å². The van der Waals surface area contributed by atoms with Gasteiger partial charge in [0.25, 0.3) is 11.6 Å². The standard InChI is InChI=1S/C15H21N3O3/c1-10(2)9-17(5)13-7-6-12(8-14(13)18(20)21)15(19)16-11(3)4/h6-8,11H,1,9H2,2-5H3,(H,16,19). The van der Waals surface area contributed by atoms with E-state index in [2.05, 4.69) is 11.9 Å². The van der Waals surface area contributed by atoms with E-state index in [0.717, 1.165) is 5.57 Å². The normalized spacial score (nSPS) is 10.3. The summed E-state index contributed by atoms with van der Waals surface area (Å²) in [5.41, 5.74) is 1.55. The zero-order valence-electron chi connectivity index (χ0n) is 12.8. The highest BCUT2D eigenvalue weighted by atomic mass is 16.6. The van der Waals surface area contributed by atoms with E-state index >= 15 is 0 Å². The fraction of sp³-hybridized carbons (Fsp3) is 0.400. The Morgan fingerprint density at radius 3 is 2.57 bits per heavy atom. The molecule has 0 spiro atoms. The van der Waals surface area contributed by atoms with Gasteiger partial charge in [-0.1, -0.05) is 12.2 Å². The Labute approximate surface area is 124 Å². The average molecular weight is 291 g/mol. The number of amides is 1. The molecule has 0 aliphatic rings. The van der Waals surface area contributed by atoms with Crippen molar-refractivity contribution < 1.29 is 9.72 Å². The number of hydrogen-bond donors (Lipinski definition) is 1. The number of hydrogen-bond acceptors (Lipinski definition) is 4. The summed E-state index contributed by atoms with van der Waals surface area (Å²) in [7, 11) is 1.75. The van der Waals surface area contributed by atoms with E-state index in [4.69, 9.17) is 0 Å². The number of likely N-dealkylation sites (N-methyl/N-ethyl adjacent to an activating group) is 1. The van der Waals surface area contributed by atoms with Crippen molar-refractivity contribution in [3.63, 3.8) is 0 Å². The van der Waals surface area contributed by atoms with Gasteiger partial charge in [-0.2, -0.15) is 0 Å². The molecular weight excluding hydrogens is 270 g/mol. The first-order valence-electron chi connectivity index (χ1n) is 6.67. The van der Waals surface area contributed by atoms with Gasteiger partial charge >= 0.3 is 0 Å². The molecule has 0 atom stereocenters. The summed E-state index contributed by atoms with van der Waals surface area (Å²) in [5.74, 6) is -0.317. The Kier molecular flexibility index (Phi) is 5.46. The molecule has 1 aromatic rings. The Balaban J connectivity index is 3.16. The molecular formula is C15H21N3O3. The SMILES string of the molecule is C=C(C)CN(C)c1ccc(C(=O)NC(C)C)cc1[N+](=O)[O-]. The average Bonchev–Trinajstić information content (AvgIpc) is 2.36. The monoisotopic (exact) mass is 291 g/mol. The van der Waals surface area contributed by atoms with Gasteiger partial charge < -0.3 is 10.2 Å². The molecule has 0 saturated carbocycles. The lowest BCUT2D eigenvalue weighted by Gasteiger charge is -2.19. The highest BCUT2D eigenvalue weighted by Gasteiger charge is 2.20. The minimum absolute atomic E-state index is 0.0256. The maximum Gasteiger partial charge on any atom is 0.293 e. The summed E-state index contributed by atoms with van der Waals surface area (Å²) in [6.45, 7) is 9.83. The molecule has 1 aromatic carbocycles. The molecule has 0 unspecified atom stereocenters. The van der Waals surface area contributed by atoms with E-state index < -0.39 is 4.92 Å². The van der Waals surface area contributed by atoms with Crippen molar-refractivity contribution in [2.45, 2.75) is 26.8 Å². The van der Waals surface area contributed by atoms with E-state index in [1.54, 1.807) is 24.1 Å². The first-order chi connectivity index (χ1) is 9.72. The molecule has 0 saturated heterocycles. The van der Waals surface area contributed by atoms with Crippen LogP contribution in [0.3, 0.4) is 0 Å². The number of nitrogens with one attached hydrogen (secondary N) is 1.